The molecule has 7 nitrogen and oxygen atoms in total. The van der Waals surface area contributed by atoms with Gasteiger partial charge in [-0.15, -0.1) is 0 Å². The second kappa shape index (κ2) is 9.74. The maximum atomic E-state index is 13.2. The quantitative estimate of drug-likeness (QED) is 0.558. The van der Waals surface area contributed by atoms with Gasteiger partial charge in [0.15, 0.2) is 0 Å². The lowest BCUT2D eigenvalue weighted by Crippen LogP contribution is -2.28. The molecule has 0 aliphatic carbocycles. The lowest BCUT2D eigenvalue weighted by Gasteiger charge is -2.18. The highest BCUT2D eigenvalue weighted by molar-refractivity contribution is 7.89. The van der Waals surface area contributed by atoms with E-state index in [1.54, 1.807) is 0 Å². The fraction of sp³-hybridized carbons (Fsp3) is 0.200. The Morgan fingerprint density at radius 3 is 2.32 bits per heavy atom. The molecule has 1 atom stereocenters. The molecule has 3 aromatic rings. The number of halogens is 1. The number of amides is 2. The van der Waals surface area contributed by atoms with E-state index in [0.717, 1.165) is 5.56 Å². The molecule has 4 rings (SSSR count). The summed E-state index contributed by atoms with van der Waals surface area (Å²) in [4.78, 5) is 26.6. The van der Waals surface area contributed by atoms with Crippen molar-refractivity contribution in [2.75, 3.05) is 23.8 Å². The Morgan fingerprint density at radius 1 is 1.03 bits per heavy atom. The molecular weight excluding hydrogens is 457 g/mol. The summed E-state index contributed by atoms with van der Waals surface area (Å²) >= 11 is 0. The first-order valence-corrected chi connectivity index (χ1v) is 12.1. The molecule has 0 unspecified atom stereocenters. The van der Waals surface area contributed by atoms with Crippen molar-refractivity contribution in [1.82, 2.24) is 4.31 Å². The summed E-state index contributed by atoms with van der Waals surface area (Å²) < 4.78 is 40.2. The van der Waals surface area contributed by atoms with E-state index in [-0.39, 0.29) is 36.2 Å². The number of carbonyl (C=O) groups excluding carboxylic acids is 2. The number of hydrogen-bond donors (Lipinski definition) is 1. The van der Waals surface area contributed by atoms with Crippen molar-refractivity contribution in [3.63, 3.8) is 0 Å². The zero-order valence-electron chi connectivity index (χ0n) is 18.5. The summed E-state index contributed by atoms with van der Waals surface area (Å²) in [5.41, 5.74) is 1.84. The molecule has 3 aromatic carbocycles. The first-order valence-electron chi connectivity index (χ1n) is 10.7. The van der Waals surface area contributed by atoms with Gasteiger partial charge in [0.2, 0.25) is 21.8 Å². The minimum atomic E-state index is -3.70. The molecule has 34 heavy (non-hydrogen) atoms. The predicted octanol–water partition coefficient (Wildman–Crippen LogP) is 3.64. The number of sulfonamides is 1. The van der Waals surface area contributed by atoms with Gasteiger partial charge in [-0.25, -0.2) is 12.8 Å². The summed E-state index contributed by atoms with van der Waals surface area (Å²) in [6.07, 6.45) is 0.0416. The summed E-state index contributed by atoms with van der Waals surface area (Å²) in [5, 5.41) is 2.75. The van der Waals surface area contributed by atoms with Crippen molar-refractivity contribution >= 4 is 33.2 Å². The highest BCUT2D eigenvalue weighted by atomic mass is 32.2. The Labute approximate surface area is 197 Å². The molecule has 1 fully saturated rings. The van der Waals surface area contributed by atoms with Gasteiger partial charge in [-0.2, -0.15) is 4.31 Å². The van der Waals surface area contributed by atoms with Gasteiger partial charge in [-0.3, -0.25) is 9.59 Å². The van der Waals surface area contributed by atoms with Gasteiger partial charge in [0.05, 0.1) is 10.8 Å². The summed E-state index contributed by atoms with van der Waals surface area (Å²) in [6.45, 7) is 0.426. The van der Waals surface area contributed by atoms with Crippen LogP contribution < -0.4 is 10.2 Å². The number of anilines is 2. The number of benzene rings is 3. The molecule has 0 spiro atoms. The molecule has 1 saturated heterocycles. The van der Waals surface area contributed by atoms with E-state index in [1.165, 1.54) is 64.8 Å². The van der Waals surface area contributed by atoms with Gasteiger partial charge >= 0.3 is 0 Å². The van der Waals surface area contributed by atoms with E-state index in [1.807, 2.05) is 30.3 Å². The Bertz CT molecular complexity index is 1280. The van der Waals surface area contributed by atoms with Crippen molar-refractivity contribution < 1.29 is 22.4 Å². The zero-order chi connectivity index (χ0) is 24.3. The van der Waals surface area contributed by atoms with Crippen LogP contribution in [0.3, 0.4) is 0 Å². The Hall–Kier alpha value is -3.56. The SMILES string of the molecule is CN(Cc1ccccc1)S(=O)(=O)c1ccc(NC(=O)[C@H]2CC(=O)N(c3ccc(F)cc3)C2)cc1. The fourth-order valence-electron chi connectivity index (χ4n) is 3.81. The molecule has 0 bridgehead atoms. The normalized spacial score (nSPS) is 16.1. The highest BCUT2D eigenvalue weighted by Crippen LogP contribution is 2.27. The predicted molar refractivity (Wildman–Crippen MR) is 127 cm³/mol. The van der Waals surface area contributed by atoms with Crippen LogP contribution in [0.25, 0.3) is 0 Å². The van der Waals surface area contributed by atoms with Crippen LogP contribution in [-0.2, 0) is 26.2 Å². The van der Waals surface area contributed by atoms with Gasteiger partial charge in [0.1, 0.15) is 5.82 Å². The molecule has 2 amide bonds. The second-order valence-electron chi connectivity index (χ2n) is 8.14. The van der Waals surface area contributed by atoms with Crippen LogP contribution in [-0.4, -0.2) is 38.1 Å². The molecule has 1 aliphatic heterocycles. The average molecular weight is 482 g/mol. The Balaban J connectivity index is 1.39. The van der Waals surface area contributed by atoms with E-state index in [2.05, 4.69) is 5.32 Å². The molecular formula is C25H24FN3O4S. The van der Waals surface area contributed by atoms with Gasteiger partial charge in [0, 0.05) is 37.9 Å². The number of nitrogens with zero attached hydrogens (tertiary/aromatic N) is 2. The first kappa shape index (κ1) is 23.6. The number of carbonyl (C=O) groups is 2. The fourth-order valence-corrected chi connectivity index (χ4v) is 4.97. The number of nitrogens with one attached hydrogen (secondary N) is 1. The van der Waals surface area contributed by atoms with E-state index in [4.69, 9.17) is 0 Å². The summed E-state index contributed by atoms with van der Waals surface area (Å²) in [6, 6.07) is 20.8. The monoisotopic (exact) mass is 481 g/mol. The van der Waals surface area contributed by atoms with E-state index < -0.39 is 21.8 Å². The van der Waals surface area contributed by atoms with Crippen molar-refractivity contribution in [3.05, 3.63) is 90.2 Å². The van der Waals surface area contributed by atoms with Crippen LogP contribution >= 0.6 is 0 Å². The van der Waals surface area contributed by atoms with Crippen molar-refractivity contribution in [2.45, 2.75) is 17.9 Å². The van der Waals surface area contributed by atoms with Gasteiger partial charge in [0.25, 0.3) is 0 Å². The van der Waals surface area contributed by atoms with Crippen molar-refractivity contribution in [2.24, 2.45) is 5.92 Å². The molecule has 1 aliphatic rings. The minimum Gasteiger partial charge on any atom is -0.326 e. The average Bonchev–Trinajstić information content (AvgIpc) is 3.22. The Morgan fingerprint density at radius 2 is 1.68 bits per heavy atom. The summed E-state index contributed by atoms with van der Waals surface area (Å²) in [7, 11) is -2.19. The van der Waals surface area contributed by atoms with E-state index >= 15 is 0 Å². The first-order chi connectivity index (χ1) is 16.2. The Kier molecular flexibility index (Phi) is 6.76. The standard InChI is InChI=1S/C25H24FN3O4S/c1-28(16-18-5-3-2-4-6-18)34(32,33)23-13-9-21(10-14-23)27-25(31)19-15-24(30)29(17-19)22-11-7-20(26)8-12-22/h2-14,19H,15-17H2,1H3,(H,27,31)/t19-/m0/s1. The molecule has 1 heterocycles. The molecule has 0 aromatic heterocycles. The lowest BCUT2D eigenvalue weighted by molar-refractivity contribution is -0.122. The lowest BCUT2D eigenvalue weighted by atomic mass is 10.1. The topological polar surface area (TPSA) is 86.8 Å². The number of rotatable bonds is 7. The number of hydrogen-bond acceptors (Lipinski definition) is 4. The second-order valence-corrected chi connectivity index (χ2v) is 10.2. The van der Waals surface area contributed by atoms with Crippen LogP contribution in [0.4, 0.5) is 15.8 Å². The molecule has 0 saturated carbocycles. The van der Waals surface area contributed by atoms with Gasteiger partial charge in [-0.05, 0) is 54.1 Å². The highest BCUT2D eigenvalue weighted by Gasteiger charge is 2.35. The van der Waals surface area contributed by atoms with Crippen molar-refractivity contribution in [1.29, 1.82) is 0 Å². The van der Waals surface area contributed by atoms with Crippen LogP contribution in [0.5, 0.6) is 0 Å². The van der Waals surface area contributed by atoms with Gasteiger partial charge < -0.3 is 10.2 Å². The van der Waals surface area contributed by atoms with Crippen LogP contribution in [0, 0.1) is 11.7 Å². The van der Waals surface area contributed by atoms with Crippen LogP contribution in [0.1, 0.15) is 12.0 Å². The zero-order valence-corrected chi connectivity index (χ0v) is 19.3. The molecule has 1 N–H and O–H groups in total. The molecule has 0 radical (unpaired) electrons. The summed E-state index contributed by atoms with van der Waals surface area (Å²) in [5.74, 6) is -1.52. The third kappa shape index (κ3) is 5.16. The smallest absolute Gasteiger partial charge is 0.243 e. The van der Waals surface area contributed by atoms with Crippen LogP contribution in [0.2, 0.25) is 0 Å². The third-order valence-corrected chi connectivity index (χ3v) is 7.53. The minimum absolute atomic E-state index is 0.0416. The molecule has 9 heteroatoms. The van der Waals surface area contributed by atoms with Crippen molar-refractivity contribution in [3.8, 4) is 0 Å². The van der Waals surface area contributed by atoms with E-state index in [0.29, 0.717) is 11.4 Å². The maximum Gasteiger partial charge on any atom is 0.243 e. The molecule has 176 valence electrons. The largest absolute Gasteiger partial charge is 0.326 e. The third-order valence-electron chi connectivity index (χ3n) is 5.71. The van der Waals surface area contributed by atoms with Gasteiger partial charge in [-0.1, -0.05) is 30.3 Å². The van der Waals surface area contributed by atoms with E-state index in [9.17, 15) is 22.4 Å². The maximum absolute atomic E-state index is 13.2. The van der Waals surface area contributed by atoms with Crippen LogP contribution in [0.15, 0.2) is 83.8 Å².